The zero-order valence-electron chi connectivity index (χ0n) is 40.2. The number of nitrogens with one attached hydrogen (secondary N) is 1. The summed E-state index contributed by atoms with van der Waals surface area (Å²) in [4.78, 5) is 78.3. The quantitative estimate of drug-likeness (QED) is 0.0490. The van der Waals surface area contributed by atoms with Crippen LogP contribution in [0.3, 0.4) is 0 Å². The van der Waals surface area contributed by atoms with Crippen molar-refractivity contribution in [2.24, 2.45) is 40.9 Å². The number of methoxy groups -OCH3 is 1. The number of aliphatic hydroxyl groups excluding tert-OH is 3. The smallest absolute Gasteiger partial charge is 0.407 e. The van der Waals surface area contributed by atoms with Gasteiger partial charge in [0.05, 0.1) is 56.1 Å². The van der Waals surface area contributed by atoms with E-state index in [0.717, 1.165) is 12.7 Å². The number of rotatable bonds is 8. The number of nitro groups is 1. The molecule has 7 aliphatic rings. The van der Waals surface area contributed by atoms with Crippen LogP contribution in [0.25, 0.3) is 0 Å². The number of alkyl carbamates (subject to hydrolysis) is 1. The number of ether oxygens (including phenoxy) is 7. The number of aldehydes is 1. The van der Waals surface area contributed by atoms with Crippen molar-refractivity contribution >= 4 is 30.1 Å². The Kier molecular flexibility index (Phi) is 14.4. The first-order chi connectivity index (χ1) is 31.9. The fourth-order valence-corrected chi connectivity index (χ4v) is 12.7. The molecule has 4 fully saturated rings. The summed E-state index contributed by atoms with van der Waals surface area (Å²) in [6.45, 7) is 15.4. The van der Waals surface area contributed by atoms with Crippen LogP contribution in [0, 0.1) is 51.0 Å². The first-order valence-corrected chi connectivity index (χ1v) is 23.5. The van der Waals surface area contributed by atoms with Crippen molar-refractivity contribution in [1.82, 2.24) is 5.32 Å². The van der Waals surface area contributed by atoms with Gasteiger partial charge in [0.2, 0.25) is 11.3 Å². The number of ketones is 1. The highest BCUT2D eigenvalue weighted by molar-refractivity contribution is 6.26. The van der Waals surface area contributed by atoms with E-state index < -0.39 is 148 Å². The Bertz CT molecular complexity index is 2210. The monoisotopic (exact) mass is 954 g/mol. The minimum absolute atomic E-state index is 0.0123. The summed E-state index contributed by atoms with van der Waals surface area (Å²) in [5.41, 5.74) is -4.72. The molecule has 19 nitrogen and oxygen atoms in total. The number of hydrogen-bond donors (Lipinski definition) is 4. The van der Waals surface area contributed by atoms with Gasteiger partial charge in [0.1, 0.15) is 23.7 Å². The molecule has 3 aliphatic heterocycles. The van der Waals surface area contributed by atoms with Crippen molar-refractivity contribution in [3.05, 3.63) is 68.5 Å². The minimum atomic E-state index is -2.16. The third kappa shape index (κ3) is 8.87. The van der Waals surface area contributed by atoms with Crippen molar-refractivity contribution in [2.75, 3.05) is 7.11 Å². The first-order valence-electron chi connectivity index (χ1n) is 23.5. The number of carbonyl (C=O) groups is 5. The normalized spacial score (nSPS) is 46.4. The molecule has 7 rings (SSSR count). The number of carbonyl (C=O) groups excluding carboxylic acids is 5. The largest absolute Gasteiger partial charge is 0.511 e. The van der Waals surface area contributed by atoms with Crippen LogP contribution in [0.4, 0.5) is 4.79 Å². The summed E-state index contributed by atoms with van der Waals surface area (Å²) in [5, 5.41) is 51.0. The maximum atomic E-state index is 15.2. The number of fused-ring (bicyclic) bond motifs is 4. The Morgan fingerprint density at radius 2 is 1.65 bits per heavy atom. The molecule has 2 bridgehead atoms. The third-order valence-corrected chi connectivity index (χ3v) is 15.9. The van der Waals surface area contributed by atoms with E-state index in [4.69, 9.17) is 33.2 Å². The van der Waals surface area contributed by atoms with E-state index in [1.165, 1.54) is 19.9 Å². The molecule has 374 valence electrons. The lowest BCUT2D eigenvalue weighted by molar-refractivity contribution is -0.584. The Balaban J connectivity index is 1.33. The van der Waals surface area contributed by atoms with Crippen LogP contribution in [0.15, 0.2) is 58.4 Å². The molecule has 68 heavy (non-hydrogen) atoms. The van der Waals surface area contributed by atoms with Gasteiger partial charge in [0, 0.05) is 48.9 Å². The van der Waals surface area contributed by atoms with Gasteiger partial charge in [-0.05, 0) is 75.5 Å². The molecular weight excluding hydrogens is 889 g/mol. The van der Waals surface area contributed by atoms with Gasteiger partial charge < -0.3 is 53.8 Å². The van der Waals surface area contributed by atoms with Crippen LogP contribution in [-0.2, 0) is 52.3 Å². The molecule has 1 amide bonds. The highest BCUT2D eigenvalue weighted by Gasteiger charge is 2.65. The van der Waals surface area contributed by atoms with Crippen LogP contribution in [0.2, 0.25) is 0 Å². The standard InChI is InChI=1S/C49H66N2O17/c1-22-11-14-35(66-37-20-47(8,51(60)61)42(27(6)64-37)50-46(59)62-10)23(2)16-32-33(54)17-29(21-52)19-49(32)44(57)38(45(58)68-49)43(56)48(9)31(22)13-12-30-39(48)24(3)15-25(4)40(30)67-36-18-34(55)41(26(5)63-36)65-28(7)53/h11-13,16-17,21,24-27,30-37,39-42,54-56H,14-15,18-20H2,1-10H3,(H,50,59)/b22-11+,23-16+,43-38-/t24-,25-,26-,27+,30-,31-,32+,33-,34+,35-,36-,37-,39+,40?,41-,42-,47-,48+,49?/m0/s1. The Morgan fingerprint density at radius 3 is 2.28 bits per heavy atom. The minimum Gasteiger partial charge on any atom is -0.511 e. The van der Waals surface area contributed by atoms with E-state index in [1.807, 2.05) is 45.9 Å². The molecule has 3 heterocycles. The van der Waals surface area contributed by atoms with Gasteiger partial charge in [-0.3, -0.25) is 24.5 Å². The van der Waals surface area contributed by atoms with E-state index >= 15 is 4.79 Å². The van der Waals surface area contributed by atoms with E-state index in [0.29, 0.717) is 18.3 Å². The molecule has 3 saturated heterocycles. The molecule has 19 atom stereocenters. The Morgan fingerprint density at radius 1 is 0.956 bits per heavy atom. The molecule has 0 aromatic rings. The molecule has 4 N–H and O–H groups in total. The van der Waals surface area contributed by atoms with Crippen molar-refractivity contribution in [1.29, 1.82) is 0 Å². The van der Waals surface area contributed by atoms with Gasteiger partial charge in [-0.15, -0.1) is 0 Å². The highest BCUT2D eigenvalue weighted by atomic mass is 16.7. The maximum absolute atomic E-state index is 15.2. The zero-order chi connectivity index (χ0) is 49.9. The van der Waals surface area contributed by atoms with Crippen molar-refractivity contribution in [3.8, 4) is 0 Å². The maximum Gasteiger partial charge on any atom is 0.407 e. The van der Waals surface area contributed by atoms with Gasteiger partial charge in [0.25, 0.3) is 0 Å². The summed E-state index contributed by atoms with van der Waals surface area (Å²) in [6.07, 6.45) is -0.261. The molecule has 19 heteroatoms. The van der Waals surface area contributed by atoms with E-state index in [9.17, 15) is 44.6 Å². The van der Waals surface area contributed by atoms with E-state index in [2.05, 4.69) is 5.32 Å². The van der Waals surface area contributed by atoms with Gasteiger partial charge in [-0.1, -0.05) is 50.6 Å². The lowest BCUT2D eigenvalue weighted by atomic mass is 9.49. The van der Waals surface area contributed by atoms with Crippen molar-refractivity contribution in [3.63, 3.8) is 0 Å². The number of esters is 2. The summed E-state index contributed by atoms with van der Waals surface area (Å²) < 4.78 is 42.0. The number of nitrogens with zero attached hydrogens (tertiary/aromatic N) is 1. The Labute approximate surface area is 395 Å². The van der Waals surface area contributed by atoms with Gasteiger partial charge >= 0.3 is 18.0 Å². The van der Waals surface area contributed by atoms with Gasteiger partial charge in [-0.2, -0.15) is 0 Å². The number of hydrogen-bond acceptors (Lipinski definition) is 17. The summed E-state index contributed by atoms with van der Waals surface area (Å²) in [6, 6.07) is -1.10. The van der Waals surface area contributed by atoms with Crippen molar-refractivity contribution in [2.45, 2.75) is 167 Å². The van der Waals surface area contributed by atoms with Gasteiger partial charge in [0.15, 0.2) is 24.3 Å². The average molecular weight is 955 g/mol. The van der Waals surface area contributed by atoms with Crippen molar-refractivity contribution < 1.29 is 77.4 Å². The fraction of sp³-hybridized carbons (Fsp3) is 0.694. The first kappa shape index (κ1) is 51.1. The fourth-order valence-electron chi connectivity index (χ4n) is 12.7. The number of amides is 1. The summed E-state index contributed by atoms with van der Waals surface area (Å²) in [5.74, 6) is -6.13. The Hall–Kier alpha value is -4.79. The van der Waals surface area contributed by atoms with Crippen LogP contribution in [0.5, 0.6) is 0 Å². The molecular formula is C49H66N2O17. The molecule has 2 unspecified atom stereocenters. The van der Waals surface area contributed by atoms with E-state index in [-0.39, 0.29) is 36.7 Å². The second kappa shape index (κ2) is 19.2. The number of allylic oxidation sites excluding steroid dienone is 3. The van der Waals surface area contributed by atoms with Crippen LogP contribution in [-0.4, -0.2) is 130 Å². The number of aliphatic hydroxyl groups is 3. The van der Waals surface area contributed by atoms with Crippen LogP contribution >= 0.6 is 0 Å². The zero-order valence-corrected chi connectivity index (χ0v) is 40.2. The second-order valence-corrected chi connectivity index (χ2v) is 20.5. The molecule has 0 aromatic carbocycles. The highest BCUT2D eigenvalue weighted by Crippen LogP contribution is 2.61. The molecule has 0 aromatic heterocycles. The average Bonchev–Trinajstić information content (AvgIpc) is 3.50. The van der Waals surface area contributed by atoms with Gasteiger partial charge in [-0.25, -0.2) is 9.59 Å². The molecule has 0 radical (unpaired) electrons. The SMILES string of the molecule is COC(=O)N[C@H]1[C@@H](C)O[C@@H](O[C@H]2C/C=C(\C)[C@@H]3C=C[C@@H]4C(O[C@H]5C[C@@H](O)[C@@H](OC(C)=O)[C@H](C)O5)[C@@H](C)C[C@H](C)[C@H]4[C@]3(C)/C(O)=C3/C(=O)OC4(CC(C=O)=C[C@H](O)[C@H]4/C=C/2C)C3=O)C[C@]1(C)[N+](=O)[O-]. The molecule has 4 aliphatic carbocycles. The predicted octanol–water partition coefficient (Wildman–Crippen LogP) is 4.66. The van der Waals surface area contributed by atoms with E-state index in [1.54, 1.807) is 26.8 Å². The second-order valence-electron chi connectivity index (χ2n) is 20.5. The summed E-state index contributed by atoms with van der Waals surface area (Å²) >= 11 is 0. The lowest BCUT2D eigenvalue weighted by Crippen LogP contribution is -2.65. The third-order valence-electron chi connectivity index (χ3n) is 15.9. The molecule has 1 saturated carbocycles. The number of Topliss-reactive ketones (excluding diaryl/α,β-unsaturated/α-hetero) is 1. The molecule has 1 spiro atoms. The predicted molar refractivity (Wildman–Crippen MR) is 238 cm³/mol. The van der Waals surface area contributed by atoms with Crippen LogP contribution in [0.1, 0.15) is 94.4 Å². The lowest BCUT2D eigenvalue weighted by Gasteiger charge is -2.56. The van der Waals surface area contributed by atoms with Crippen LogP contribution < -0.4 is 5.32 Å². The summed E-state index contributed by atoms with van der Waals surface area (Å²) in [7, 11) is 1.15. The topological polar surface area (TPSA) is 266 Å².